The van der Waals surface area contributed by atoms with Crippen LogP contribution in [0.5, 0.6) is 5.75 Å². The highest BCUT2D eigenvalue weighted by molar-refractivity contribution is 7.97. The van der Waals surface area contributed by atoms with Crippen molar-refractivity contribution in [1.82, 2.24) is 9.62 Å². The Kier molecular flexibility index (Phi) is 3.98. The van der Waals surface area contributed by atoms with Crippen LogP contribution in [0.2, 0.25) is 0 Å². The molecule has 0 aliphatic carbocycles. The van der Waals surface area contributed by atoms with Crippen LogP contribution in [-0.4, -0.2) is 43.4 Å². The van der Waals surface area contributed by atoms with Crippen LogP contribution >= 0.6 is 11.9 Å². The van der Waals surface area contributed by atoms with Gasteiger partial charge in [-0.05, 0) is 49.3 Å². The summed E-state index contributed by atoms with van der Waals surface area (Å²) in [6.07, 6.45) is 2.13. The van der Waals surface area contributed by atoms with Gasteiger partial charge in [-0.25, -0.2) is 4.31 Å². The molecule has 0 saturated carbocycles. The third kappa shape index (κ3) is 2.74. The first-order valence-corrected chi connectivity index (χ1v) is 7.54. The molecule has 2 saturated heterocycles. The maximum Gasteiger partial charge on any atom is 0.133 e. The van der Waals surface area contributed by atoms with Gasteiger partial charge in [0.05, 0.1) is 13.7 Å². The third-order valence-electron chi connectivity index (χ3n) is 3.78. The molecule has 1 N–H and O–H groups in total. The fraction of sp³-hybridized carbons (Fsp3) is 0.571. The van der Waals surface area contributed by atoms with Gasteiger partial charge in [-0.2, -0.15) is 0 Å². The second-order valence-electron chi connectivity index (χ2n) is 4.91. The molecule has 1 aromatic carbocycles. The van der Waals surface area contributed by atoms with Crippen molar-refractivity contribution >= 4 is 11.9 Å². The summed E-state index contributed by atoms with van der Waals surface area (Å²) >= 11 is 1.80. The van der Waals surface area contributed by atoms with Crippen LogP contribution in [0.4, 0.5) is 0 Å². The zero-order chi connectivity index (χ0) is 13.1. The molecule has 0 radical (unpaired) electrons. The molecule has 0 aromatic heterocycles. The first-order valence-electron chi connectivity index (χ1n) is 6.77. The average molecular weight is 280 g/mol. The summed E-state index contributed by atoms with van der Waals surface area (Å²) in [5.74, 6) is 0.901. The summed E-state index contributed by atoms with van der Waals surface area (Å²) in [4.78, 5) is 1.24. The lowest BCUT2D eigenvalue weighted by molar-refractivity contribution is -0.0672. The van der Waals surface area contributed by atoms with E-state index < -0.39 is 0 Å². The van der Waals surface area contributed by atoms with Gasteiger partial charge in [0.2, 0.25) is 0 Å². The fourth-order valence-corrected chi connectivity index (χ4v) is 3.78. The Labute approximate surface area is 118 Å². The summed E-state index contributed by atoms with van der Waals surface area (Å²) in [7, 11) is 1.69. The van der Waals surface area contributed by atoms with E-state index in [1.807, 2.05) is 12.1 Å². The predicted molar refractivity (Wildman–Crippen MR) is 76.3 cm³/mol. The molecular weight excluding hydrogens is 260 g/mol. The molecule has 0 atom stereocenters. The van der Waals surface area contributed by atoms with E-state index in [1.54, 1.807) is 19.1 Å². The van der Waals surface area contributed by atoms with Crippen molar-refractivity contribution in [1.29, 1.82) is 0 Å². The summed E-state index contributed by atoms with van der Waals surface area (Å²) in [6.45, 7) is 3.92. The lowest BCUT2D eigenvalue weighted by Gasteiger charge is -2.39. The minimum atomic E-state index is -0.0597. The number of piperidine rings is 1. The van der Waals surface area contributed by atoms with Crippen LogP contribution in [0, 0.1) is 0 Å². The smallest absolute Gasteiger partial charge is 0.133 e. The van der Waals surface area contributed by atoms with Crippen molar-refractivity contribution in [2.75, 3.05) is 33.4 Å². The van der Waals surface area contributed by atoms with E-state index in [-0.39, 0.29) is 5.72 Å². The molecule has 0 bridgehead atoms. The van der Waals surface area contributed by atoms with E-state index in [9.17, 15) is 0 Å². The van der Waals surface area contributed by atoms with E-state index >= 15 is 0 Å². The molecule has 0 amide bonds. The Balaban J connectivity index is 1.70. The van der Waals surface area contributed by atoms with Crippen molar-refractivity contribution < 1.29 is 9.47 Å². The van der Waals surface area contributed by atoms with E-state index in [2.05, 4.69) is 21.8 Å². The number of rotatable bonds is 3. The van der Waals surface area contributed by atoms with Crippen LogP contribution in [0.15, 0.2) is 29.2 Å². The van der Waals surface area contributed by atoms with Gasteiger partial charge in [0.1, 0.15) is 11.5 Å². The van der Waals surface area contributed by atoms with Gasteiger partial charge in [0.15, 0.2) is 0 Å². The molecule has 0 unspecified atom stereocenters. The Hall–Kier alpha value is -0.750. The zero-order valence-corrected chi connectivity index (χ0v) is 12.0. The number of ether oxygens (including phenoxy) is 2. The molecule has 2 aliphatic rings. The molecule has 5 heteroatoms. The Morgan fingerprint density at radius 3 is 2.68 bits per heavy atom. The maximum atomic E-state index is 6.05. The highest BCUT2D eigenvalue weighted by atomic mass is 32.2. The van der Waals surface area contributed by atoms with E-state index in [0.717, 1.165) is 44.8 Å². The Morgan fingerprint density at radius 2 is 2.00 bits per heavy atom. The zero-order valence-electron chi connectivity index (χ0n) is 11.2. The van der Waals surface area contributed by atoms with Crippen LogP contribution in [0.25, 0.3) is 0 Å². The van der Waals surface area contributed by atoms with Crippen LogP contribution in [0.3, 0.4) is 0 Å². The van der Waals surface area contributed by atoms with Gasteiger partial charge in [-0.3, -0.25) is 0 Å². The van der Waals surface area contributed by atoms with Crippen LogP contribution in [0.1, 0.15) is 12.8 Å². The van der Waals surface area contributed by atoms with Gasteiger partial charge < -0.3 is 14.8 Å². The number of benzene rings is 1. The molecular formula is C14H20N2O2S. The van der Waals surface area contributed by atoms with Crippen molar-refractivity contribution in [3.63, 3.8) is 0 Å². The molecule has 2 heterocycles. The minimum absolute atomic E-state index is 0.0597. The summed E-state index contributed by atoms with van der Waals surface area (Å²) in [5.41, 5.74) is -0.0597. The van der Waals surface area contributed by atoms with Gasteiger partial charge >= 0.3 is 0 Å². The number of methoxy groups -OCH3 is 1. The molecule has 3 rings (SSSR count). The molecule has 1 aromatic rings. The molecule has 104 valence electrons. The Morgan fingerprint density at radius 1 is 1.26 bits per heavy atom. The maximum absolute atomic E-state index is 6.05. The largest absolute Gasteiger partial charge is 0.497 e. The number of hydrogen-bond donors (Lipinski definition) is 1. The quantitative estimate of drug-likeness (QED) is 0.858. The fourth-order valence-electron chi connectivity index (χ4n) is 2.70. The van der Waals surface area contributed by atoms with Crippen molar-refractivity contribution in [2.24, 2.45) is 0 Å². The number of nitrogens with one attached hydrogen (secondary N) is 1. The van der Waals surface area contributed by atoms with Crippen LogP contribution in [-0.2, 0) is 4.74 Å². The molecule has 19 heavy (non-hydrogen) atoms. The molecule has 2 aliphatic heterocycles. The second-order valence-corrected chi connectivity index (χ2v) is 6.01. The number of nitrogens with zero attached hydrogens (tertiary/aromatic N) is 1. The first kappa shape index (κ1) is 13.2. The second kappa shape index (κ2) is 5.71. The summed E-state index contributed by atoms with van der Waals surface area (Å²) in [5, 5.41) is 3.40. The van der Waals surface area contributed by atoms with Gasteiger partial charge in [0, 0.05) is 24.3 Å². The lowest BCUT2D eigenvalue weighted by atomic mass is 10.0. The molecule has 4 nitrogen and oxygen atoms in total. The minimum Gasteiger partial charge on any atom is -0.497 e. The van der Waals surface area contributed by atoms with Crippen molar-refractivity contribution in [3.05, 3.63) is 24.3 Å². The van der Waals surface area contributed by atoms with Crippen LogP contribution < -0.4 is 10.1 Å². The van der Waals surface area contributed by atoms with Crippen molar-refractivity contribution in [3.8, 4) is 5.75 Å². The summed E-state index contributed by atoms with van der Waals surface area (Å²) < 4.78 is 13.7. The molecule has 1 spiro atoms. The third-order valence-corrected chi connectivity index (χ3v) is 5.00. The van der Waals surface area contributed by atoms with Crippen molar-refractivity contribution in [2.45, 2.75) is 23.5 Å². The van der Waals surface area contributed by atoms with E-state index in [4.69, 9.17) is 9.47 Å². The first-order chi connectivity index (χ1) is 9.32. The van der Waals surface area contributed by atoms with Gasteiger partial charge in [0.25, 0.3) is 0 Å². The highest BCUT2D eigenvalue weighted by Gasteiger charge is 2.43. The highest BCUT2D eigenvalue weighted by Crippen LogP contribution is 2.40. The SMILES string of the molecule is COc1ccc(SN2CCOC23CCNCC3)cc1. The number of hydrogen-bond acceptors (Lipinski definition) is 5. The van der Waals surface area contributed by atoms with Gasteiger partial charge in [-0.1, -0.05) is 0 Å². The van der Waals surface area contributed by atoms with E-state index in [1.165, 1.54) is 4.90 Å². The molecule has 2 fully saturated rings. The van der Waals surface area contributed by atoms with E-state index in [0.29, 0.717) is 0 Å². The summed E-state index contributed by atoms with van der Waals surface area (Å²) in [6, 6.07) is 8.23. The predicted octanol–water partition coefficient (Wildman–Crippen LogP) is 2.11. The standard InChI is InChI=1S/C14H20N2O2S/c1-17-12-2-4-13(5-3-12)19-16-10-11-18-14(16)6-8-15-9-7-14/h2-5,15H,6-11H2,1H3. The monoisotopic (exact) mass is 280 g/mol. The Bertz CT molecular complexity index is 418. The lowest BCUT2D eigenvalue weighted by Crippen LogP contribution is -2.49. The van der Waals surface area contributed by atoms with Gasteiger partial charge in [-0.15, -0.1) is 0 Å². The topological polar surface area (TPSA) is 33.7 Å². The average Bonchev–Trinajstić information content (AvgIpc) is 2.83. The normalized spacial score (nSPS) is 22.8.